The Balaban J connectivity index is 1.46. The van der Waals surface area contributed by atoms with Crippen LogP contribution in [-0.2, 0) is 9.53 Å². The van der Waals surface area contributed by atoms with Gasteiger partial charge in [0.15, 0.2) is 29.2 Å². The number of carbonyl (C=O) groups excluding carboxylic acids is 2. The molecule has 0 unspecified atom stereocenters. The lowest BCUT2D eigenvalue weighted by molar-refractivity contribution is -0.119. The molecule has 146 valence electrons. The van der Waals surface area contributed by atoms with Crippen LogP contribution in [0, 0.1) is 17.5 Å². The fourth-order valence-corrected chi connectivity index (χ4v) is 3.70. The number of nitrogens with one attached hydrogen (secondary N) is 1. The molecule has 0 aliphatic carbocycles. The number of anilines is 1. The minimum Gasteiger partial charge on any atom is -0.452 e. The number of amides is 1. The van der Waals surface area contributed by atoms with E-state index in [0.717, 1.165) is 22.8 Å². The van der Waals surface area contributed by atoms with Gasteiger partial charge in [0, 0.05) is 0 Å². The monoisotopic (exact) mass is 416 g/mol. The molecule has 0 spiro atoms. The lowest BCUT2D eigenvalue weighted by Crippen LogP contribution is -2.21. The molecule has 0 bridgehead atoms. The van der Waals surface area contributed by atoms with Crippen molar-refractivity contribution >= 4 is 49.3 Å². The summed E-state index contributed by atoms with van der Waals surface area (Å²) in [6.07, 6.45) is 0. The first-order chi connectivity index (χ1) is 13.9. The summed E-state index contributed by atoms with van der Waals surface area (Å²) in [5.41, 5.74) is -0.0825. The average molecular weight is 416 g/mol. The van der Waals surface area contributed by atoms with Gasteiger partial charge in [0.1, 0.15) is 5.52 Å². The topological polar surface area (TPSA) is 68.3 Å². The first-order valence-electron chi connectivity index (χ1n) is 8.33. The molecule has 5 nitrogen and oxygen atoms in total. The molecule has 4 aromatic rings. The number of fused-ring (bicyclic) bond motifs is 2. The van der Waals surface area contributed by atoms with E-state index in [0.29, 0.717) is 10.9 Å². The van der Waals surface area contributed by atoms with E-state index in [9.17, 15) is 22.8 Å². The smallest absolute Gasteiger partial charge is 0.339 e. The van der Waals surface area contributed by atoms with E-state index in [2.05, 4.69) is 10.3 Å². The Labute approximate surface area is 165 Å². The molecule has 0 atom stereocenters. The van der Waals surface area contributed by atoms with E-state index in [4.69, 9.17) is 4.74 Å². The van der Waals surface area contributed by atoms with E-state index >= 15 is 0 Å². The van der Waals surface area contributed by atoms with Crippen LogP contribution in [0.1, 0.15) is 10.4 Å². The number of thiazole rings is 1. The van der Waals surface area contributed by atoms with Gasteiger partial charge >= 0.3 is 5.97 Å². The lowest BCUT2D eigenvalue weighted by Gasteiger charge is -2.07. The van der Waals surface area contributed by atoms with Gasteiger partial charge in [0.2, 0.25) is 0 Å². The minimum atomic E-state index is -1.63. The van der Waals surface area contributed by atoms with Gasteiger partial charge in [-0.2, -0.15) is 0 Å². The fourth-order valence-electron chi connectivity index (χ4n) is 2.80. The highest BCUT2D eigenvalue weighted by atomic mass is 32.1. The summed E-state index contributed by atoms with van der Waals surface area (Å²) in [6.45, 7) is -0.608. The number of aromatic nitrogens is 1. The fraction of sp³-hybridized carbons (Fsp3) is 0.0500. The third kappa shape index (κ3) is 3.64. The zero-order chi connectivity index (χ0) is 20.5. The Morgan fingerprint density at radius 2 is 1.79 bits per heavy atom. The van der Waals surface area contributed by atoms with Crippen molar-refractivity contribution in [2.24, 2.45) is 0 Å². The number of benzene rings is 3. The summed E-state index contributed by atoms with van der Waals surface area (Å²) >= 11 is 0.765. The van der Waals surface area contributed by atoms with Crippen LogP contribution in [-0.4, -0.2) is 23.5 Å². The van der Waals surface area contributed by atoms with Crippen molar-refractivity contribution in [1.82, 2.24) is 4.98 Å². The Morgan fingerprint density at radius 1 is 1.03 bits per heavy atom. The highest BCUT2D eigenvalue weighted by Crippen LogP contribution is 2.30. The first kappa shape index (κ1) is 18.9. The van der Waals surface area contributed by atoms with Crippen molar-refractivity contribution in [1.29, 1.82) is 0 Å². The predicted octanol–water partition coefficient (Wildman–Crippen LogP) is 4.66. The zero-order valence-corrected chi connectivity index (χ0v) is 15.4. The number of esters is 1. The van der Waals surface area contributed by atoms with Crippen LogP contribution < -0.4 is 5.32 Å². The molecule has 1 heterocycles. The van der Waals surface area contributed by atoms with Gasteiger partial charge in [-0.05, 0) is 22.9 Å². The van der Waals surface area contributed by atoms with Crippen LogP contribution in [0.5, 0.6) is 0 Å². The lowest BCUT2D eigenvalue weighted by atomic mass is 10.1. The summed E-state index contributed by atoms with van der Waals surface area (Å²) in [5.74, 6) is -5.82. The number of hydrogen-bond acceptors (Lipinski definition) is 5. The summed E-state index contributed by atoms with van der Waals surface area (Å²) < 4.78 is 45.4. The van der Waals surface area contributed by atoms with Crippen LogP contribution in [0.25, 0.3) is 21.0 Å². The van der Waals surface area contributed by atoms with Gasteiger partial charge in [-0.15, -0.1) is 0 Å². The standard InChI is InChI=1S/C20H11F3N2O3S/c21-13-8-14-18(17(23)16(13)22)25-20(29-14)24-15(26)9-28-19(27)12-7-3-5-10-4-1-2-6-11(10)12/h1-8H,9H2,(H,24,25,26). The van der Waals surface area contributed by atoms with Gasteiger partial charge in [-0.25, -0.2) is 22.9 Å². The zero-order valence-electron chi connectivity index (χ0n) is 14.5. The molecule has 3 aromatic carbocycles. The van der Waals surface area contributed by atoms with Gasteiger partial charge in [0.05, 0.1) is 10.3 Å². The highest BCUT2D eigenvalue weighted by molar-refractivity contribution is 7.22. The second kappa shape index (κ2) is 7.51. The molecule has 1 amide bonds. The van der Waals surface area contributed by atoms with Crippen molar-refractivity contribution in [2.45, 2.75) is 0 Å². The third-order valence-electron chi connectivity index (χ3n) is 4.11. The molecule has 0 fully saturated rings. The van der Waals surface area contributed by atoms with Crippen LogP contribution >= 0.6 is 11.3 Å². The third-order valence-corrected chi connectivity index (χ3v) is 5.03. The van der Waals surface area contributed by atoms with Crippen molar-refractivity contribution < 1.29 is 27.5 Å². The second-order valence-corrected chi connectivity index (χ2v) is 7.03. The largest absolute Gasteiger partial charge is 0.452 e. The van der Waals surface area contributed by atoms with Crippen LogP contribution in [0.15, 0.2) is 48.5 Å². The van der Waals surface area contributed by atoms with E-state index in [-0.39, 0.29) is 9.83 Å². The Bertz CT molecular complexity index is 1270. The van der Waals surface area contributed by atoms with E-state index < -0.39 is 41.5 Å². The molecule has 9 heteroatoms. The van der Waals surface area contributed by atoms with Crippen molar-refractivity contribution in [3.8, 4) is 0 Å². The number of rotatable bonds is 4. The molecule has 4 rings (SSSR count). The molecule has 1 N–H and O–H groups in total. The van der Waals surface area contributed by atoms with Gasteiger partial charge < -0.3 is 4.74 Å². The normalized spacial score (nSPS) is 11.0. The number of carbonyl (C=O) groups is 2. The van der Waals surface area contributed by atoms with Gasteiger partial charge in [-0.3, -0.25) is 10.1 Å². The summed E-state index contributed by atoms with van der Waals surface area (Å²) in [5, 5.41) is 3.78. The molecule has 0 aliphatic heterocycles. The van der Waals surface area contributed by atoms with Crippen LogP contribution in [0.3, 0.4) is 0 Å². The first-order valence-corrected chi connectivity index (χ1v) is 9.14. The molecule has 0 saturated carbocycles. The van der Waals surface area contributed by atoms with Crippen molar-refractivity contribution in [2.75, 3.05) is 11.9 Å². The quantitative estimate of drug-likeness (QED) is 0.388. The predicted molar refractivity (Wildman–Crippen MR) is 102 cm³/mol. The molecular formula is C20H11F3N2O3S. The number of halogens is 3. The Kier molecular flexibility index (Phi) is 4.89. The molecule has 1 aromatic heterocycles. The average Bonchev–Trinajstić information content (AvgIpc) is 3.12. The maximum atomic E-state index is 13.7. The number of nitrogens with zero attached hydrogens (tertiary/aromatic N) is 1. The maximum absolute atomic E-state index is 13.7. The van der Waals surface area contributed by atoms with Crippen molar-refractivity contribution in [3.63, 3.8) is 0 Å². The summed E-state index contributed by atoms with van der Waals surface area (Å²) in [7, 11) is 0. The number of hydrogen-bond donors (Lipinski definition) is 1. The van der Waals surface area contributed by atoms with Crippen LogP contribution in [0.4, 0.5) is 18.3 Å². The van der Waals surface area contributed by atoms with E-state index in [1.165, 1.54) is 0 Å². The van der Waals surface area contributed by atoms with Gasteiger partial charge in [-0.1, -0.05) is 47.7 Å². The van der Waals surface area contributed by atoms with E-state index in [1.54, 1.807) is 24.3 Å². The van der Waals surface area contributed by atoms with E-state index in [1.807, 2.05) is 18.2 Å². The maximum Gasteiger partial charge on any atom is 0.339 e. The SMILES string of the molecule is O=C(COC(=O)c1cccc2ccccc12)Nc1nc2c(F)c(F)c(F)cc2s1. The summed E-state index contributed by atoms with van der Waals surface area (Å²) in [4.78, 5) is 28.1. The molecule has 29 heavy (non-hydrogen) atoms. The Hall–Kier alpha value is -3.46. The van der Waals surface area contributed by atoms with Crippen LogP contribution in [0.2, 0.25) is 0 Å². The molecule has 0 saturated heterocycles. The molecule has 0 aliphatic rings. The summed E-state index contributed by atoms with van der Waals surface area (Å²) in [6, 6.07) is 13.1. The second-order valence-electron chi connectivity index (χ2n) is 6.00. The highest BCUT2D eigenvalue weighted by Gasteiger charge is 2.19. The molecule has 0 radical (unpaired) electrons. The minimum absolute atomic E-state index is 0.0319. The van der Waals surface area contributed by atoms with Crippen molar-refractivity contribution in [3.05, 3.63) is 71.5 Å². The molecular weight excluding hydrogens is 405 g/mol. The number of ether oxygens (including phenoxy) is 1. The Morgan fingerprint density at radius 3 is 2.62 bits per heavy atom. The van der Waals surface area contributed by atoms with Gasteiger partial charge in [0.25, 0.3) is 5.91 Å².